The van der Waals surface area contributed by atoms with E-state index >= 15 is 0 Å². The van der Waals surface area contributed by atoms with Crippen LogP contribution in [-0.4, -0.2) is 23.9 Å². The minimum absolute atomic E-state index is 0.00866. The molecule has 0 bridgehead atoms. The molecule has 1 amide bonds. The first-order chi connectivity index (χ1) is 9.52. The van der Waals surface area contributed by atoms with E-state index in [2.05, 4.69) is 6.92 Å². The van der Waals surface area contributed by atoms with Crippen LogP contribution in [0.2, 0.25) is 0 Å². The predicted octanol–water partition coefficient (Wildman–Crippen LogP) is 4.47. The third-order valence-corrected chi connectivity index (χ3v) is 5.32. The molecular formula is C16H21FINO. The van der Waals surface area contributed by atoms with E-state index in [1.54, 1.807) is 6.07 Å². The van der Waals surface area contributed by atoms with Gasteiger partial charge in [-0.2, -0.15) is 0 Å². The molecule has 2 nitrogen and oxygen atoms in total. The lowest BCUT2D eigenvalue weighted by atomic mass is 9.84. The van der Waals surface area contributed by atoms with Gasteiger partial charge in [-0.3, -0.25) is 4.79 Å². The Morgan fingerprint density at radius 1 is 1.35 bits per heavy atom. The van der Waals surface area contributed by atoms with Crippen molar-refractivity contribution in [3.8, 4) is 0 Å². The Morgan fingerprint density at radius 3 is 2.55 bits per heavy atom. The number of amides is 1. The van der Waals surface area contributed by atoms with Gasteiger partial charge in [0.2, 0.25) is 0 Å². The van der Waals surface area contributed by atoms with Crippen molar-refractivity contribution >= 4 is 28.5 Å². The van der Waals surface area contributed by atoms with E-state index in [-0.39, 0.29) is 11.7 Å². The monoisotopic (exact) mass is 389 g/mol. The molecule has 1 aliphatic carbocycles. The van der Waals surface area contributed by atoms with Gasteiger partial charge in [-0.05, 0) is 72.4 Å². The van der Waals surface area contributed by atoms with Gasteiger partial charge in [0.25, 0.3) is 5.91 Å². The minimum Gasteiger partial charge on any atom is -0.339 e. The number of benzene rings is 1. The number of rotatable bonds is 3. The molecule has 110 valence electrons. The van der Waals surface area contributed by atoms with Crippen molar-refractivity contribution in [2.45, 2.75) is 45.1 Å². The van der Waals surface area contributed by atoms with Crippen LogP contribution in [0.3, 0.4) is 0 Å². The fourth-order valence-electron chi connectivity index (χ4n) is 2.96. The predicted molar refractivity (Wildman–Crippen MR) is 87.2 cm³/mol. The van der Waals surface area contributed by atoms with Crippen LogP contribution < -0.4 is 0 Å². The fraction of sp³-hybridized carbons (Fsp3) is 0.562. The van der Waals surface area contributed by atoms with Crippen molar-refractivity contribution in [1.82, 2.24) is 4.90 Å². The Hall–Kier alpha value is -0.650. The highest BCUT2D eigenvalue weighted by atomic mass is 127. The summed E-state index contributed by atoms with van der Waals surface area (Å²) in [6.45, 7) is 2.24. The van der Waals surface area contributed by atoms with E-state index in [1.165, 1.54) is 31.4 Å². The Kier molecular flexibility index (Phi) is 5.41. The molecule has 0 heterocycles. The summed E-state index contributed by atoms with van der Waals surface area (Å²) in [5, 5.41) is 0. The van der Waals surface area contributed by atoms with Crippen molar-refractivity contribution in [1.29, 1.82) is 0 Å². The molecule has 0 aliphatic heterocycles. The number of carbonyl (C=O) groups excluding carboxylic acids is 1. The molecule has 0 saturated heterocycles. The number of nitrogens with zero attached hydrogens (tertiary/aromatic N) is 1. The first kappa shape index (κ1) is 15.7. The summed E-state index contributed by atoms with van der Waals surface area (Å²) in [5.74, 6) is 0.534. The second kappa shape index (κ2) is 6.87. The van der Waals surface area contributed by atoms with E-state index in [1.807, 2.05) is 34.5 Å². The number of carbonyl (C=O) groups is 1. The first-order valence-electron chi connectivity index (χ1n) is 7.25. The van der Waals surface area contributed by atoms with Crippen molar-refractivity contribution in [3.05, 3.63) is 33.1 Å². The lowest BCUT2D eigenvalue weighted by Gasteiger charge is -2.34. The maximum Gasteiger partial charge on any atom is 0.254 e. The Bertz CT molecular complexity index is 483. The van der Waals surface area contributed by atoms with Crippen LogP contribution in [-0.2, 0) is 0 Å². The normalized spacial score (nSPS) is 22.6. The standard InChI is InChI=1S/C16H21FINO/c1-3-11-4-7-13(8-5-11)19(2)16(20)14-9-6-12(17)10-15(14)18/h6,9-11,13H,3-5,7-8H2,1-2H3. The van der Waals surface area contributed by atoms with Crippen LogP contribution in [0, 0.1) is 15.3 Å². The lowest BCUT2D eigenvalue weighted by Crippen LogP contribution is -2.39. The third kappa shape index (κ3) is 3.51. The van der Waals surface area contributed by atoms with Crippen LogP contribution in [0.25, 0.3) is 0 Å². The summed E-state index contributed by atoms with van der Waals surface area (Å²) in [7, 11) is 1.87. The molecule has 0 aromatic heterocycles. The van der Waals surface area contributed by atoms with Crippen molar-refractivity contribution in [2.24, 2.45) is 5.92 Å². The zero-order valence-corrected chi connectivity index (χ0v) is 14.2. The third-order valence-electron chi connectivity index (χ3n) is 4.42. The van der Waals surface area contributed by atoms with E-state index in [0.717, 1.165) is 18.8 Å². The van der Waals surface area contributed by atoms with Gasteiger partial charge in [-0.1, -0.05) is 13.3 Å². The molecule has 4 heteroatoms. The van der Waals surface area contributed by atoms with Crippen LogP contribution in [0.4, 0.5) is 4.39 Å². The number of halogens is 2. The molecule has 0 spiro atoms. The molecule has 0 N–H and O–H groups in total. The summed E-state index contributed by atoms with van der Waals surface area (Å²) in [6.07, 6.45) is 5.82. The quantitative estimate of drug-likeness (QED) is 0.699. The van der Waals surface area contributed by atoms with Crippen molar-refractivity contribution in [3.63, 3.8) is 0 Å². The van der Waals surface area contributed by atoms with E-state index in [0.29, 0.717) is 15.2 Å². The van der Waals surface area contributed by atoms with Gasteiger partial charge >= 0.3 is 0 Å². The highest BCUT2D eigenvalue weighted by Gasteiger charge is 2.27. The van der Waals surface area contributed by atoms with Crippen molar-refractivity contribution in [2.75, 3.05) is 7.05 Å². The van der Waals surface area contributed by atoms with Gasteiger partial charge in [-0.25, -0.2) is 4.39 Å². The van der Waals surface area contributed by atoms with Crippen LogP contribution >= 0.6 is 22.6 Å². The molecule has 1 aromatic carbocycles. The zero-order chi connectivity index (χ0) is 14.7. The van der Waals surface area contributed by atoms with Crippen LogP contribution in [0.15, 0.2) is 18.2 Å². The minimum atomic E-state index is -0.294. The average molecular weight is 389 g/mol. The fourth-order valence-corrected chi connectivity index (χ4v) is 3.67. The molecule has 0 radical (unpaired) electrons. The topological polar surface area (TPSA) is 20.3 Å². The molecule has 1 saturated carbocycles. The molecule has 20 heavy (non-hydrogen) atoms. The molecule has 0 atom stereocenters. The van der Waals surface area contributed by atoms with Gasteiger partial charge in [0.15, 0.2) is 0 Å². The van der Waals surface area contributed by atoms with Crippen molar-refractivity contribution < 1.29 is 9.18 Å². The first-order valence-corrected chi connectivity index (χ1v) is 8.33. The molecule has 2 rings (SSSR count). The Labute approximate surface area is 133 Å². The highest BCUT2D eigenvalue weighted by Crippen LogP contribution is 2.30. The Morgan fingerprint density at radius 2 is 2.00 bits per heavy atom. The molecule has 1 aliphatic rings. The molecule has 0 unspecified atom stereocenters. The van der Waals surface area contributed by atoms with Gasteiger partial charge in [0.1, 0.15) is 5.82 Å². The number of hydrogen-bond acceptors (Lipinski definition) is 1. The second-order valence-electron chi connectivity index (χ2n) is 5.62. The summed E-state index contributed by atoms with van der Waals surface area (Å²) in [6, 6.07) is 4.69. The summed E-state index contributed by atoms with van der Waals surface area (Å²) in [5.41, 5.74) is 0.604. The summed E-state index contributed by atoms with van der Waals surface area (Å²) in [4.78, 5) is 14.4. The van der Waals surface area contributed by atoms with E-state index < -0.39 is 0 Å². The molecule has 1 fully saturated rings. The maximum absolute atomic E-state index is 13.1. The average Bonchev–Trinajstić information content (AvgIpc) is 2.46. The van der Waals surface area contributed by atoms with Crippen LogP contribution in [0.1, 0.15) is 49.4 Å². The highest BCUT2D eigenvalue weighted by molar-refractivity contribution is 14.1. The second-order valence-corrected chi connectivity index (χ2v) is 6.79. The van der Waals surface area contributed by atoms with E-state index in [9.17, 15) is 9.18 Å². The van der Waals surface area contributed by atoms with Crippen LogP contribution in [0.5, 0.6) is 0 Å². The Balaban J connectivity index is 2.05. The largest absolute Gasteiger partial charge is 0.339 e. The molecular weight excluding hydrogens is 368 g/mol. The SMILES string of the molecule is CCC1CCC(N(C)C(=O)c2ccc(F)cc2I)CC1. The maximum atomic E-state index is 13.1. The zero-order valence-electron chi connectivity index (χ0n) is 12.0. The smallest absolute Gasteiger partial charge is 0.254 e. The van der Waals surface area contributed by atoms with Gasteiger partial charge in [0, 0.05) is 16.7 Å². The lowest BCUT2D eigenvalue weighted by molar-refractivity contribution is 0.0673. The molecule has 1 aromatic rings. The summed E-state index contributed by atoms with van der Waals surface area (Å²) < 4.78 is 13.8. The van der Waals surface area contributed by atoms with E-state index in [4.69, 9.17) is 0 Å². The number of hydrogen-bond donors (Lipinski definition) is 0. The van der Waals surface area contributed by atoms with Gasteiger partial charge < -0.3 is 4.90 Å². The summed E-state index contributed by atoms with van der Waals surface area (Å²) >= 11 is 2.03. The van der Waals surface area contributed by atoms with Gasteiger partial charge in [-0.15, -0.1) is 0 Å². The van der Waals surface area contributed by atoms with Gasteiger partial charge in [0.05, 0.1) is 5.56 Å².